The number of hydrogen-bond acceptors (Lipinski definition) is 3. The highest BCUT2D eigenvalue weighted by Gasteiger charge is 2.29. The Morgan fingerprint density at radius 1 is 1.25 bits per heavy atom. The molecule has 0 aliphatic carbocycles. The first-order chi connectivity index (χ1) is 9.47. The number of benzene rings is 1. The highest BCUT2D eigenvalue weighted by molar-refractivity contribution is 5.78. The molecule has 5 heteroatoms. The maximum Gasteiger partial charge on any atom is 0.260 e. The lowest BCUT2D eigenvalue weighted by Gasteiger charge is -2.42. The van der Waals surface area contributed by atoms with E-state index in [2.05, 4.69) is 25.8 Å². The van der Waals surface area contributed by atoms with Crippen molar-refractivity contribution in [2.24, 2.45) is 0 Å². The summed E-state index contributed by atoms with van der Waals surface area (Å²) in [6, 6.07) is 6.37. The zero-order valence-electron chi connectivity index (χ0n) is 12.2. The Morgan fingerprint density at radius 3 is 2.35 bits per heavy atom. The van der Waals surface area contributed by atoms with Gasteiger partial charge in [-0.1, -0.05) is 0 Å². The van der Waals surface area contributed by atoms with Gasteiger partial charge in [-0.15, -0.1) is 0 Å². The second-order valence-electron chi connectivity index (χ2n) is 5.40. The van der Waals surface area contributed by atoms with Crippen LogP contribution in [0.4, 0.5) is 4.39 Å². The highest BCUT2D eigenvalue weighted by atomic mass is 19.1. The molecule has 2 atom stereocenters. The molecule has 0 aromatic heterocycles. The fraction of sp³-hybridized carbons (Fsp3) is 0.533. The van der Waals surface area contributed by atoms with E-state index in [1.54, 1.807) is 0 Å². The molecular weight excluding hydrogens is 259 g/mol. The van der Waals surface area contributed by atoms with Gasteiger partial charge in [-0.3, -0.25) is 9.69 Å². The average molecular weight is 280 g/mol. The molecule has 110 valence electrons. The third kappa shape index (κ3) is 3.48. The molecule has 1 fully saturated rings. The summed E-state index contributed by atoms with van der Waals surface area (Å²) in [5.41, 5.74) is 0. The second-order valence-corrected chi connectivity index (χ2v) is 5.40. The topological polar surface area (TPSA) is 32.8 Å². The van der Waals surface area contributed by atoms with Crippen molar-refractivity contribution in [3.8, 4) is 5.75 Å². The van der Waals surface area contributed by atoms with Crippen molar-refractivity contribution in [2.45, 2.75) is 25.9 Å². The number of piperazine rings is 1. The molecule has 0 spiro atoms. The Morgan fingerprint density at radius 2 is 1.80 bits per heavy atom. The molecule has 1 aliphatic rings. The Kier molecular flexibility index (Phi) is 4.60. The molecule has 1 heterocycles. The van der Waals surface area contributed by atoms with Crippen molar-refractivity contribution in [1.29, 1.82) is 0 Å². The second kappa shape index (κ2) is 6.22. The van der Waals surface area contributed by atoms with Gasteiger partial charge < -0.3 is 9.64 Å². The third-order valence-corrected chi connectivity index (χ3v) is 3.89. The summed E-state index contributed by atoms with van der Waals surface area (Å²) < 4.78 is 18.2. The van der Waals surface area contributed by atoms with Crippen LogP contribution in [0, 0.1) is 5.82 Å². The normalized spacial score (nSPS) is 23.7. The predicted molar refractivity (Wildman–Crippen MR) is 75.2 cm³/mol. The van der Waals surface area contributed by atoms with Crippen LogP contribution in [0.3, 0.4) is 0 Å². The Labute approximate surface area is 119 Å². The SMILES string of the molecule is CC1CN(C(=O)COc2ccc(F)cc2)CC(C)N1C. The Balaban J connectivity index is 1.87. The first-order valence-electron chi connectivity index (χ1n) is 6.85. The number of carbonyl (C=O) groups is 1. The van der Waals surface area contributed by atoms with Gasteiger partial charge in [0.05, 0.1) is 0 Å². The number of halogens is 1. The number of nitrogens with zero attached hydrogens (tertiary/aromatic N) is 2. The van der Waals surface area contributed by atoms with E-state index in [9.17, 15) is 9.18 Å². The Hall–Kier alpha value is -1.62. The lowest BCUT2D eigenvalue weighted by molar-refractivity contribution is -0.137. The van der Waals surface area contributed by atoms with Gasteiger partial charge in [-0.05, 0) is 45.2 Å². The molecule has 1 aromatic rings. The van der Waals surface area contributed by atoms with Gasteiger partial charge in [-0.25, -0.2) is 4.39 Å². The van der Waals surface area contributed by atoms with Crippen LogP contribution in [0.15, 0.2) is 24.3 Å². The maximum atomic E-state index is 12.8. The van der Waals surface area contributed by atoms with E-state index in [-0.39, 0.29) is 18.3 Å². The summed E-state index contributed by atoms with van der Waals surface area (Å²) >= 11 is 0. The molecular formula is C15H21FN2O2. The molecule has 2 unspecified atom stereocenters. The van der Waals surface area contributed by atoms with Gasteiger partial charge in [0, 0.05) is 25.2 Å². The van der Waals surface area contributed by atoms with Gasteiger partial charge in [0.15, 0.2) is 6.61 Å². The number of likely N-dealkylation sites (N-methyl/N-ethyl adjacent to an activating group) is 1. The van der Waals surface area contributed by atoms with E-state index in [1.807, 2.05) is 4.90 Å². The van der Waals surface area contributed by atoms with Gasteiger partial charge in [-0.2, -0.15) is 0 Å². The highest BCUT2D eigenvalue weighted by Crippen LogP contribution is 2.15. The van der Waals surface area contributed by atoms with Gasteiger partial charge in [0.1, 0.15) is 11.6 Å². The van der Waals surface area contributed by atoms with Crippen molar-refractivity contribution in [3.05, 3.63) is 30.1 Å². The number of carbonyl (C=O) groups excluding carboxylic acids is 1. The van der Waals surface area contributed by atoms with Gasteiger partial charge in [0.25, 0.3) is 5.91 Å². The molecule has 0 N–H and O–H groups in total. The van der Waals surface area contributed by atoms with Crippen LogP contribution in [-0.4, -0.2) is 54.5 Å². The molecule has 1 aliphatic heterocycles. The molecule has 2 rings (SSSR count). The lowest BCUT2D eigenvalue weighted by Crippen LogP contribution is -2.57. The largest absolute Gasteiger partial charge is 0.484 e. The summed E-state index contributed by atoms with van der Waals surface area (Å²) in [5.74, 6) is 0.168. The van der Waals surface area contributed by atoms with Gasteiger partial charge in [0.2, 0.25) is 0 Å². The van der Waals surface area contributed by atoms with Crippen LogP contribution in [0.2, 0.25) is 0 Å². The Bertz CT molecular complexity index is 451. The molecule has 20 heavy (non-hydrogen) atoms. The van der Waals surface area contributed by atoms with Crippen LogP contribution in [0.5, 0.6) is 5.75 Å². The smallest absolute Gasteiger partial charge is 0.260 e. The van der Waals surface area contributed by atoms with Crippen LogP contribution in [0.1, 0.15) is 13.8 Å². The quantitative estimate of drug-likeness (QED) is 0.846. The molecule has 4 nitrogen and oxygen atoms in total. The molecule has 0 bridgehead atoms. The number of hydrogen-bond donors (Lipinski definition) is 0. The summed E-state index contributed by atoms with van der Waals surface area (Å²) in [6.45, 7) is 5.64. The van der Waals surface area contributed by atoms with Crippen molar-refractivity contribution >= 4 is 5.91 Å². The van der Waals surface area contributed by atoms with Crippen LogP contribution < -0.4 is 4.74 Å². The van der Waals surface area contributed by atoms with E-state index < -0.39 is 0 Å². The van der Waals surface area contributed by atoms with Gasteiger partial charge >= 0.3 is 0 Å². The van der Waals surface area contributed by atoms with Crippen molar-refractivity contribution in [1.82, 2.24) is 9.80 Å². The van der Waals surface area contributed by atoms with Crippen molar-refractivity contribution in [3.63, 3.8) is 0 Å². The minimum atomic E-state index is -0.314. The summed E-state index contributed by atoms with van der Waals surface area (Å²) in [5, 5.41) is 0. The third-order valence-electron chi connectivity index (χ3n) is 3.89. The van der Waals surface area contributed by atoms with E-state index in [0.29, 0.717) is 30.9 Å². The first-order valence-corrected chi connectivity index (χ1v) is 6.85. The van der Waals surface area contributed by atoms with E-state index in [1.165, 1.54) is 24.3 Å². The fourth-order valence-electron chi connectivity index (χ4n) is 2.38. The molecule has 0 saturated carbocycles. The maximum absolute atomic E-state index is 12.8. The molecule has 1 aromatic carbocycles. The monoisotopic (exact) mass is 280 g/mol. The number of ether oxygens (including phenoxy) is 1. The van der Waals surface area contributed by atoms with Crippen LogP contribution in [-0.2, 0) is 4.79 Å². The standard InChI is InChI=1S/C15H21FN2O2/c1-11-8-18(9-12(2)17(11)3)15(19)10-20-14-6-4-13(16)5-7-14/h4-7,11-12H,8-10H2,1-3H3. The predicted octanol–water partition coefficient (Wildman–Crippen LogP) is 1.76. The summed E-state index contributed by atoms with van der Waals surface area (Å²) in [7, 11) is 2.08. The minimum absolute atomic E-state index is 0.00517. The fourth-order valence-corrected chi connectivity index (χ4v) is 2.38. The minimum Gasteiger partial charge on any atom is -0.484 e. The zero-order chi connectivity index (χ0) is 14.7. The van der Waals surface area contributed by atoms with Crippen molar-refractivity contribution < 1.29 is 13.9 Å². The number of rotatable bonds is 3. The summed E-state index contributed by atoms with van der Waals surface area (Å²) in [6.07, 6.45) is 0. The van der Waals surface area contributed by atoms with Crippen LogP contribution in [0.25, 0.3) is 0 Å². The van der Waals surface area contributed by atoms with E-state index in [4.69, 9.17) is 4.74 Å². The molecule has 1 saturated heterocycles. The van der Waals surface area contributed by atoms with E-state index >= 15 is 0 Å². The van der Waals surface area contributed by atoms with E-state index in [0.717, 1.165) is 0 Å². The summed E-state index contributed by atoms with van der Waals surface area (Å²) in [4.78, 5) is 16.2. The molecule has 1 amide bonds. The average Bonchev–Trinajstić information content (AvgIpc) is 2.43. The molecule has 0 radical (unpaired) electrons. The zero-order valence-corrected chi connectivity index (χ0v) is 12.2. The van der Waals surface area contributed by atoms with Crippen LogP contribution >= 0.6 is 0 Å². The van der Waals surface area contributed by atoms with Crippen molar-refractivity contribution in [2.75, 3.05) is 26.7 Å². The first kappa shape index (κ1) is 14.8. The lowest BCUT2D eigenvalue weighted by atomic mass is 10.1. The number of amides is 1.